The van der Waals surface area contributed by atoms with Crippen molar-refractivity contribution in [3.63, 3.8) is 0 Å². The summed E-state index contributed by atoms with van der Waals surface area (Å²) in [6.45, 7) is 10.1. The molecule has 2 aromatic rings. The molecular weight excluding hydrogens is 427 g/mol. The Morgan fingerprint density at radius 2 is 1.69 bits per heavy atom. The van der Waals surface area contributed by atoms with Crippen molar-refractivity contribution >= 4 is 48.2 Å². The second kappa shape index (κ2) is 8.07. The van der Waals surface area contributed by atoms with Gasteiger partial charge in [0.1, 0.15) is 0 Å². The van der Waals surface area contributed by atoms with Gasteiger partial charge in [-0.05, 0) is 69.0 Å². The van der Waals surface area contributed by atoms with Crippen LogP contribution in [0.5, 0.6) is 0 Å². The highest BCUT2D eigenvalue weighted by molar-refractivity contribution is 6.62. The van der Waals surface area contributed by atoms with E-state index < -0.39 is 0 Å². The first-order chi connectivity index (χ1) is 13.1. The molecule has 29 heavy (non-hydrogen) atoms. The molecule has 0 amide bonds. The Balaban J connectivity index is 0.00000240. The van der Waals surface area contributed by atoms with Crippen LogP contribution >= 0.6 is 35.6 Å². The fourth-order valence-corrected chi connectivity index (χ4v) is 4.60. The zero-order valence-electron chi connectivity index (χ0n) is 17.5. The van der Waals surface area contributed by atoms with E-state index in [9.17, 15) is 0 Å². The quantitative estimate of drug-likeness (QED) is 0.576. The second-order valence-corrected chi connectivity index (χ2v) is 9.81. The molecule has 2 aliphatic heterocycles. The predicted octanol–water partition coefficient (Wildman–Crippen LogP) is 5.29. The average Bonchev–Trinajstić information content (AvgIpc) is 2.83. The lowest BCUT2D eigenvalue weighted by Crippen LogP contribution is -2.41. The summed E-state index contributed by atoms with van der Waals surface area (Å²) in [6, 6.07) is 12.4. The van der Waals surface area contributed by atoms with Gasteiger partial charge in [-0.1, -0.05) is 47.5 Å². The molecule has 2 heterocycles. The third kappa shape index (κ3) is 4.21. The number of benzene rings is 2. The maximum absolute atomic E-state index is 6.51. The van der Waals surface area contributed by atoms with E-state index in [1.807, 2.05) is 6.07 Å². The molecule has 0 aromatic heterocycles. The second-order valence-electron chi connectivity index (χ2n) is 8.96. The van der Waals surface area contributed by atoms with E-state index in [0.717, 1.165) is 29.1 Å². The number of hydrogen-bond donors (Lipinski definition) is 0. The van der Waals surface area contributed by atoms with E-state index in [0.29, 0.717) is 5.02 Å². The molecule has 7 heteroatoms. The van der Waals surface area contributed by atoms with Gasteiger partial charge in [-0.3, -0.25) is 0 Å². The predicted molar refractivity (Wildman–Crippen MR) is 124 cm³/mol. The first-order valence-electron chi connectivity index (χ1n) is 9.69. The number of hydrogen-bond acceptors (Lipinski definition) is 3. The highest BCUT2D eigenvalue weighted by Crippen LogP contribution is 2.39. The van der Waals surface area contributed by atoms with E-state index in [2.05, 4.69) is 70.0 Å². The minimum absolute atomic E-state index is 0. The summed E-state index contributed by atoms with van der Waals surface area (Å²) in [4.78, 5) is 2.30. The Kier molecular flexibility index (Phi) is 6.38. The summed E-state index contributed by atoms with van der Waals surface area (Å²) in [5.74, 6) is 0.201. The third-order valence-electron chi connectivity index (χ3n) is 6.33. The summed E-state index contributed by atoms with van der Waals surface area (Å²) in [5, 5.41) is 1.42. The lowest BCUT2D eigenvalue weighted by atomic mass is 9.76. The minimum Gasteiger partial charge on any atom is -0.399 e. The van der Waals surface area contributed by atoms with Crippen molar-refractivity contribution in [1.82, 2.24) is 4.90 Å². The molecule has 1 atom stereocenters. The van der Waals surface area contributed by atoms with Crippen molar-refractivity contribution in [3.05, 3.63) is 63.1 Å². The molecule has 0 bridgehead atoms. The van der Waals surface area contributed by atoms with Gasteiger partial charge < -0.3 is 14.2 Å². The molecule has 0 radical (unpaired) electrons. The minimum atomic E-state index is -0.367. The Bertz CT molecular complexity index is 903. The molecule has 0 saturated carbocycles. The van der Waals surface area contributed by atoms with Crippen LogP contribution in [0.4, 0.5) is 0 Å². The van der Waals surface area contributed by atoms with Gasteiger partial charge in [0.25, 0.3) is 0 Å². The van der Waals surface area contributed by atoms with Crippen LogP contribution in [0.25, 0.3) is 0 Å². The Morgan fingerprint density at radius 3 is 2.34 bits per heavy atom. The first kappa shape index (κ1) is 22.9. The van der Waals surface area contributed by atoms with Crippen LogP contribution < -0.4 is 5.46 Å². The summed E-state index contributed by atoms with van der Waals surface area (Å²) in [6.07, 6.45) is 0. The molecule has 0 spiro atoms. The highest BCUT2D eigenvalue weighted by atomic mass is 35.5. The van der Waals surface area contributed by atoms with Crippen LogP contribution in [0.15, 0.2) is 36.4 Å². The summed E-state index contributed by atoms with van der Waals surface area (Å²) in [5.41, 5.74) is 3.92. The van der Waals surface area contributed by atoms with E-state index in [-0.39, 0.29) is 36.6 Å². The number of halogens is 3. The SMILES string of the molecule is CN1Cc2c(Cl)cc(Cl)cc2[C@H](c2cccc(B3OC(C)(C)C(C)(C)O3)c2)C1.Cl. The van der Waals surface area contributed by atoms with Gasteiger partial charge in [0.05, 0.1) is 11.2 Å². The normalized spacial score (nSPS) is 22.9. The van der Waals surface area contributed by atoms with Crippen LogP contribution in [-0.4, -0.2) is 36.8 Å². The fourth-order valence-electron chi connectivity index (χ4n) is 4.03. The number of likely N-dealkylation sites (N-methyl/N-ethyl adjacent to an activating group) is 1. The van der Waals surface area contributed by atoms with Crippen molar-refractivity contribution in [2.24, 2.45) is 0 Å². The van der Waals surface area contributed by atoms with Crippen molar-refractivity contribution < 1.29 is 9.31 Å². The van der Waals surface area contributed by atoms with Gasteiger partial charge in [0.15, 0.2) is 0 Å². The van der Waals surface area contributed by atoms with E-state index in [1.165, 1.54) is 11.1 Å². The third-order valence-corrected chi connectivity index (χ3v) is 6.89. The van der Waals surface area contributed by atoms with Crippen LogP contribution in [0.2, 0.25) is 10.0 Å². The van der Waals surface area contributed by atoms with Crippen LogP contribution in [0.1, 0.15) is 50.3 Å². The highest BCUT2D eigenvalue weighted by Gasteiger charge is 2.51. The summed E-state index contributed by atoms with van der Waals surface area (Å²) >= 11 is 12.8. The standard InChI is InChI=1S/C22H26BCl2NO2.ClH/c1-21(2)22(3,4)28-23(27-21)15-8-6-7-14(9-15)18-12-26(5)13-19-17(18)10-16(24)11-20(19)25;/h6-11,18H,12-13H2,1-5H3;1H/t18-;/m0./s1. The zero-order valence-corrected chi connectivity index (χ0v) is 19.8. The van der Waals surface area contributed by atoms with Crippen molar-refractivity contribution in [1.29, 1.82) is 0 Å². The largest absolute Gasteiger partial charge is 0.494 e. The van der Waals surface area contributed by atoms with Crippen molar-refractivity contribution in [2.45, 2.75) is 51.4 Å². The average molecular weight is 455 g/mol. The lowest BCUT2D eigenvalue weighted by molar-refractivity contribution is 0.00578. The van der Waals surface area contributed by atoms with Gasteiger partial charge in [-0.2, -0.15) is 0 Å². The number of nitrogens with zero attached hydrogens (tertiary/aromatic N) is 1. The van der Waals surface area contributed by atoms with E-state index >= 15 is 0 Å². The topological polar surface area (TPSA) is 21.7 Å². The number of rotatable bonds is 2. The van der Waals surface area contributed by atoms with Gasteiger partial charge in [-0.15, -0.1) is 12.4 Å². The molecule has 4 rings (SSSR count). The zero-order chi connectivity index (χ0) is 20.3. The van der Waals surface area contributed by atoms with Gasteiger partial charge >= 0.3 is 7.12 Å². The molecular formula is C22H27BCl3NO2. The summed E-state index contributed by atoms with van der Waals surface area (Å²) in [7, 11) is 1.76. The monoisotopic (exact) mass is 453 g/mol. The smallest absolute Gasteiger partial charge is 0.399 e. The molecule has 3 nitrogen and oxygen atoms in total. The maximum atomic E-state index is 6.51. The maximum Gasteiger partial charge on any atom is 0.494 e. The molecule has 2 aromatic carbocycles. The van der Waals surface area contributed by atoms with E-state index in [4.69, 9.17) is 32.5 Å². The first-order valence-corrected chi connectivity index (χ1v) is 10.4. The fraction of sp³-hybridized carbons (Fsp3) is 0.455. The molecule has 1 fully saturated rings. The molecule has 1 saturated heterocycles. The van der Waals surface area contributed by atoms with Crippen LogP contribution in [0.3, 0.4) is 0 Å². The molecule has 156 valence electrons. The lowest BCUT2D eigenvalue weighted by Gasteiger charge is -2.33. The van der Waals surface area contributed by atoms with E-state index in [1.54, 1.807) is 0 Å². The molecule has 0 N–H and O–H groups in total. The van der Waals surface area contributed by atoms with Crippen molar-refractivity contribution in [2.75, 3.05) is 13.6 Å². The Morgan fingerprint density at radius 1 is 1.03 bits per heavy atom. The van der Waals surface area contributed by atoms with Crippen LogP contribution in [0, 0.1) is 0 Å². The molecule has 0 aliphatic carbocycles. The number of fused-ring (bicyclic) bond motifs is 1. The summed E-state index contributed by atoms with van der Waals surface area (Å²) < 4.78 is 12.5. The Labute approximate surface area is 190 Å². The molecule has 0 unspecified atom stereocenters. The molecule has 2 aliphatic rings. The van der Waals surface area contributed by atoms with Crippen molar-refractivity contribution in [3.8, 4) is 0 Å². The van der Waals surface area contributed by atoms with Crippen LogP contribution in [-0.2, 0) is 15.9 Å². The van der Waals surface area contributed by atoms with Gasteiger partial charge in [0, 0.05) is 29.1 Å². The van der Waals surface area contributed by atoms with Gasteiger partial charge in [0.2, 0.25) is 0 Å². The Hall–Kier alpha value is -0.745. The van der Waals surface area contributed by atoms with Gasteiger partial charge in [-0.25, -0.2) is 0 Å².